The first-order valence-corrected chi connectivity index (χ1v) is 6.08. The van der Waals surface area contributed by atoms with Crippen LogP contribution in [0.25, 0.3) is 10.8 Å². The first-order valence-electron chi connectivity index (χ1n) is 6.08. The molecule has 18 heavy (non-hydrogen) atoms. The predicted molar refractivity (Wildman–Crippen MR) is 67.0 cm³/mol. The second kappa shape index (κ2) is 5.02. The van der Waals surface area contributed by atoms with Crippen LogP contribution in [0, 0.1) is 0 Å². The van der Waals surface area contributed by atoms with Crippen molar-refractivity contribution in [2.45, 2.75) is 18.8 Å². The highest BCUT2D eigenvalue weighted by Gasteiger charge is 2.22. The van der Waals surface area contributed by atoms with Gasteiger partial charge in [-0.15, -0.1) is 0 Å². The summed E-state index contributed by atoms with van der Waals surface area (Å²) in [4.78, 5) is 4.09. The maximum Gasteiger partial charge on any atom is 0.160 e. The Labute approximate surface area is 105 Å². The van der Waals surface area contributed by atoms with Gasteiger partial charge in [-0.2, -0.15) is 0 Å². The zero-order valence-electron chi connectivity index (χ0n) is 9.95. The Morgan fingerprint density at radius 1 is 1.28 bits per heavy atom. The number of pyridine rings is 1. The average molecular weight is 245 g/mol. The van der Waals surface area contributed by atoms with Gasteiger partial charge in [0.25, 0.3) is 0 Å². The molecule has 0 aliphatic carbocycles. The minimum Gasteiger partial charge on any atom is -0.388 e. The summed E-state index contributed by atoms with van der Waals surface area (Å²) in [6.07, 6.45) is 3.12. The minimum absolute atomic E-state index is 0.294. The molecule has 0 amide bonds. The third kappa shape index (κ3) is 2.22. The smallest absolute Gasteiger partial charge is 0.160 e. The number of aliphatic hydroxyl groups excluding tert-OH is 1. The van der Waals surface area contributed by atoms with Crippen LogP contribution in [0.3, 0.4) is 0 Å². The van der Waals surface area contributed by atoms with Crippen molar-refractivity contribution >= 4 is 10.8 Å². The number of aliphatic hydroxyl groups is 1. The molecule has 1 unspecified atom stereocenters. The van der Waals surface area contributed by atoms with Crippen molar-refractivity contribution in [2.75, 3.05) is 13.2 Å². The fourth-order valence-corrected chi connectivity index (χ4v) is 2.29. The van der Waals surface area contributed by atoms with E-state index in [1.807, 2.05) is 24.3 Å². The molecule has 1 atom stereocenters. The summed E-state index contributed by atoms with van der Waals surface area (Å²) >= 11 is 0. The van der Waals surface area contributed by atoms with Gasteiger partial charge in [0.15, 0.2) is 6.29 Å². The van der Waals surface area contributed by atoms with Crippen LogP contribution in [-0.2, 0) is 9.47 Å². The van der Waals surface area contributed by atoms with E-state index in [1.165, 1.54) is 0 Å². The summed E-state index contributed by atoms with van der Waals surface area (Å²) in [6, 6.07) is 7.77. The fourth-order valence-electron chi connectivity index (χ4n) is 2.29. The summed E-state index contributed by atoms with van der Waals surface area (Å²) in [7, 11) is 0. The fraction of sp³-hybridized carbons (Fsp3) is 0.357. The predicted octanol–water partition coefficient (Wildman–Crippen LogP) is 2.03. The number of ether oxygens (including phenoxy) is 2. The van der Waals surface area contributed by atoms with Gasteiger partial charge in [-0.25, -0.2) is 0 Å². The van der Waals surface area contributed by atoms with Crippen LogP contribution in [0.1, 0.15) is 18.1 Å². The van der Waals surface area contributed by atoms with Gasteiger partial charge in [0.2, 0.25) is 0 Å². The zero-order valence-corrected chi connectivity index (χ0v) is 9.95. The van der Waals surface area contributed by atoms with Crippen molar-refractivity contribution in [2.24, 2.45) is 0 Å². The Balaban J connectivity index is 1.88. The van der Waals surface area contributed by atoms with Crippen molar-refractivity contribution in [3.05, 3.63) is 42.2 Å². The summed E-state index contributed by atoms with van der Waals surface area (Å²) in [5.74, 6) is 0. The molecular weight excluding hydrogens is 230 g/mol. The number of fused-ring (bicyclic) bond motifs is 1. The topological polar surface area (TPSA) is 51.6 Å². The molecule has 0 saturated carbocycles. The third-order valence-corrected chi connectivity index (χ3v) is 3.18. The molecule has 4 heteroatoms. The summed E-state index contributed by atoms with van der Waals surface area (Å²) in [6.45, 7) is 1.22. The van der Waals surface area contributed by atoms with Crippen LogP contribution in [0.4, 0.5) is 0 Å². The number of benzene rings is 1. The first kappa shape index (κ1) is 11.6. The molecule has 1 aromatic carbocycles. The van der Waals surface area contributed by atoms with Gasteiger partial charge in [-0.3, -0.25) is 4.98 Å². The van der Waals surface area contributed by atoms with E-state index in [4.69, 9.17) is 9.47 Å². The first-order chi connectivity index (χ1) is 8.84. The molecular formula is C14H15NO3. The quantitative estimate of drug-likeness (QED) is 0.899. The molecule has 1 fully saturated rings. The molecule has 1 saturated heterocycles. The molecule has 0 bridgehead atoms. The molecule has 1 N–H and O–H groups in total. The highest BCUT2D eigenvalue weighted by atomic mass is 16.7. The minimum atomic E-state index is -0.584. The summed E-state index contributed by atoms with van der Waals surface area (Å²) in [5.41, 5.74) is 0.897. The van der Waals surface area contributed by atoms with Gasteiger partial charge < -0.3 is 14.6 Å². The number of rotatable bonds is 3. The lowest BCUT2D eigenvalue weighted by Crippen LogP contribution is -2.13. The molecule has 1 aliphatic rings. The van der Waals surface area contributed by atoms with Gasteiger partial charge in [-0.1, -0.05) is 18.2 Å². The molecule has 3 rings (SSSR count). The van der Waals surface area contributed by atoms with E-state index < -0.39 is 6.10 Å². The van der Waals surface area contributed by atoms with Crippen molar-refractivity contribution in [1.82, 2.24) is 4.98 Å². The van der Waals surface area contributed by atoms with Crippen LogP contribution < -0.4 is 0 Å². The van der Waals surface area contributed by atoms with Crippen LogP contribution >= 0.6 is 0 Å². The lowest BCUT2D eigenvalue weighted by atomic mass is 10.00. The van der Waals surface area contributed by atoms with Crippen molar-refractivity contribution in [1.29, 1.82) is 0 Å². The standard InChI is InChI=1S/C14H15NO3/c16-13(8-14-17-6-7-18-14)12-3-1-2-10-9-15-5-4-11(10)12/h1-5,9,13-14,16H,6-8H2. The highest BCUT2D eigenvalue weighted by Crippen LogP contribution is 2.28. The normalized spacial score (nSPS) is 18.3. The van der Waals surface area contributed by atoms with E-state index >= 15 is 0 Å². The number of nitrogens with zero attached hydrogens (tertiary/aromatic N) is 1. The van der Waals surface area contributed by atoms with E-state index in [9.17, 15) is 5.11 Å². The van der Waals surface area contributed by atoms with Gasteiger partial charge in [0.1, 0.15) is 0 Å². The van der Waals surface area contributed by atoms with Crippen molar-refractivity contribution < 1.29 is 14.6 Å². The lowest BCUT2D eigenvalue weighted by Gasteiger charge is -2.16. The Morgan fingerprint density at radius 3 is 2.94 bits per heavy atom. The Kier molecular flexibility index (Phi) is 3.23. The van der Waals surface area contributed by atoms with Crippen molar-refractivity contribution in [3.63, 3.8) is 0 Å². The second-order valence-electron chi connectivity index (χ2n) is 4.37. The van der Waals surface area contributed by atoms with Crippen LogP contribution in [-0.4, -0.2) is 29.6 Å². The SMILES string of the molecule is OC(CC1OCCO1)c1cccc2cnccc12. The van der Waals surface area contributed by atoms with E-state index in [-0.39, 0.29) is 6.29 Å². The van der Waals surface area contributed by atoms with E-state index in [1.54, 1.807) is 12.4 Å². The zero-order chi connectivity index (χ0) is 12.4. The van der Waals surface area contributed by atoms with Crippen molar-refractivity contribution in [3.8, 4) is 0 Å². The van der Waals surface area contributed by atoms with Crippen LogP contribution in [0.5, 0.6) is 0 Å². The van der Waals surface area contributed by atoms with Crippen LogP contribution in [0.15, 0.2) is 36.7 Å². The molecule has 1 aliphatic heterocycles. The number of hydrogen-bond acceptors (Lipinski definition) is 4. The molecule has 0 spiro atoms. The molecule has 0 radical (unpaired) electrons. The second-order valence-corrected chi connectivity index (χ2v) is 4.37. The monoisotopic (exact) mass is 245 g/mol. The Bertz CT molecular complexity index is 532. The van der Waals surface area contributed by atoms with Gasteiger partial charge >= 0.3 is 0 Å². The largest absolute Gasteiger partial charge is 0.388 e. The van der Waals surface area contributed by atoms with Gasteiger partial charge in [0, 0.05) is 24.2 Å². The molecule has 4 nitrogen and oxygen atoms in total. The third-order valence-electron chi connectivity index (χ3n) is 3.18. The van der Waals surface area contributed by atoms with Gasteiger partial charge in [0.05, 0.1) is 19.3 Å². The number of aromatic nitrogens is 1. The average Bonchev–Trinajstić information content (AvgIpc) is 2.91. The lowest BCUT2D eigenvalue weighted by molar-refractivity contribution is -0.0705. The molecule has 2 aromatic rings. The van der Waals surface area contributed by atoms with Crippen LogP contribution in [0.2, 0.25) is 0 Å². The molecule has 2 heterocycles. The number of hydrogen-bond donors (Lipinski definition) is 1. The van der Waals surface area contributed by atoms with E-state index in [0.29, 0.717) is 19.6 Å². The Morgan fingerprint density at radius 2 is 2.11 bits per heavy atom. The summed E-state index contributed by atoms with van der Waals surface area (Å²) < 4.78 is 10.7. The van der Waals surface area contributed by atoms with E-state index in [2.05, 4.69) is 4.98 Å². The van der Waals surface area contributed by atoms with E-state index in [0.717, 1.165) is 16.3 Å². The summed E-state index contributed by atoms with van der Waals surface area (Å²) in [5, 5.41) is 12.4. The maximum absolute atomic E-state index is 10.3. The maximum atomic E-state index is 10.3. The molecule has 1 aromatic heterocycles. The highest BCUT2D eigenvalue weighted by molar-refractivity contribution is 5.85. The Hall–Kier alpha value is -1.49. The molecule has 94 valence electrons. The van der Waals surface area contributed by atoms with Gasteiger partial charge in [-0.05, 0) is 17.0 Å².